The summed E-state index contributed by atoms with van der Waals surface area (Å²) in [6.07, 6.45) is 5.33. The van der Waals surface area contributed by atoms with E-state index in [4.69, 9.17) is 0 Å². The van der Waals surface area contributed by atoms with Gasteiger partial charge in [0.2, 0.25) is 0 Å². The Kier molecular flexibility index (Phi) is 3.74. The average molecular weight is 408 g/mol. The van der Waals surface area contributed by atoms with Crippen LogP contribution in [0.2, 0.25) is 0 Å². The van der Waals surface area contributed by atoms with Crippen LogP contribution in [0.1, 0.15) is 18.8 Å². The number of rotatable bonds is 2. The van der Waals surface area contributed by atoms with Crippen LogP contribution < -0.4 is 4.90 Å². The molecule has 4 heterocycles. The summed E-state index contributed by atoms with van der Waals surface area (Å²) in [5.41, 5.74) is 6.77. The van der Waals surface area contributed by atoms with Crippen molar-refractivity contribution in [1.82, 2.24) is 24.1 Å². The number of nitrogens with zero attached hydrogens (tertiary/aromatic N) is 6. The van der Waals surface area contributed by atoms with E-state index < -0.39 is 0 Å². The molecule has 1 aliphatic heterocycles. The highest BCUT2D eigenvalue weighted by molar-refractivity contribution is 5.99. The van der Waals surface area contributed by atoms with E-state index in [2.05, 4.69) is 54.8 Å². The smallest absolute Gasteiger partial charge is 0.174 e. The molecule has 0 bridgehead atoms. The molecule has 0 radical (unpaired) electrons. The number of hydrogen-bond acceptors (Lipinski definition) is 5. The van der Waals surface area contributed by atoms with Crippen LogP contribution in [-0.2, 0) is 4.79 Å². The van der Waals surface area contributed by atoms with Gasteiger partial charge in [-0.1, -0.05) is 6.07 Å². The minimum Gasteiger partial charge on any atom is -0.332 e. The Morgan fingerprint density at radius 1 is 1.00 bits per heavy atom. The number of aryl methyl sites for hydroxylation is 1. The van der Waals surface area contributed by atoms with Crippen molar-refractivity contribution >= 4 is 39.2 Å². The lowest BCUT2D eigenvalue weighted by Gasteiger charge is -2.23. The third kappa shape index (κ3) is 2.59. The Bertz CT molecular complexity index is 1460. The van der Waals surface area contributed by atoms with Crippen molar-refractivity contribution in [3.05, 3.63) is 73.1 Å². The molecule has 7 heteroatoms. The lowest BCUT2D eigenvalue weighted by molar-refractivity contribution is -0.120. The van der Waals surface area contributed by atoms with E-state index in [0.717, 1.165) is 45.0 Å². The van der Waals surface area contributed by atoms with Gasteiger partial charge in [-0.15, -0.1) is 0 Å². The number of fused-ring (bicyclic) bond motifs is 1. The number of carbonyl (C=O) groups excluding carboxylic acids is 1. The SMILES string of the molecule is Cc1nc2cnccc2n1-c1ccc(N2CC(=O)C(C)n3cnc4cccc2c43)cc1. The van der Waals surface area contributed by atoms with Crippen molar-refractivity contribution in [3.8, 4) is 5.69 Å². The molecule has 0 spiro atoms. The van der Waals surface area contributed by atoms with Gasteiger partial charge in [0.15, 0.2) is 5.78 Å². The Labute approximate surface area is 178 Å². The van der Waals surface area contributed by atoms with Gasteiger partial charge in [0.1, 0.15) is 11.3 Å². The van der Waals surface area contributed by atoms with E-state index in [0.29, 0.717) is 6.54 Å². The number of hydrogen-bond donors (Lipinski definition) is 0. The van der Waals surface area contributed by atoms with E-state index in [1.54, 1.807) is 18.7 Å². The van der Waals surface area contributed by atoms with Gasteiger partial charge in [0.25, 0.3) is 0 Å². The Morgan fingerprint density at radius 3 is 2.65 bits per heavy atom. The first-order valence-electron chi connectivity index (χ1n) is 10.3. The number of para-hydroxylation sites is 1. The summed E-state index contributed by atoms with van der Waals surface area (Å²) >= 11 is 0. The topological polar surface area (TPSA) is 68.8 Å². The first-order chi connectivity index (χ1) is 15.1. The number of carbonyl (C=O) groups is 1. The molecule has 0 aliphatic carbocycles. The van der Waals surface area contributed by atoms with Crippen LogP contribution in [0, 0.1) is 6.92 Å². The van der Waals surface area contributed by atoms with Crippen LogP contribution in [0.3, 0.4) is 0 Å². The highest BCUT2D eigenvalue weighted by Crippen LogP contribution is 2.36. The molecule has 1 atom stereocenters. The number of anilines is 2. The third-order valence-electron chi connectivity index (χ3n) is 6.10. The first-order valence-corrected chi connectivity index (χ1v) is 10.3. The second-order valence-corrected chi connectivity index (χ2v) is 7.90. The van der Waals surface area contributed by atoms with Crippen molar-refractivity contribution in [2.75, 3.05) is 11.4 Å². The Balaban J connectivity index is 1.47. The summed E-state index contributed by atoms with van der Waals surface area (Å²) in [4.78, 5) is 28.3. The predicted octanol–water partition coefficient (Wildman–Crippen LogP) is 4.36. The third-order valence-corrected chi connectivity index (χ3v) is 6.10. The van der Waals surface area contributed by atoms with Crippen molar-refractivity contribution in [2.45, 2.75) is 19.9 Å². The number of benzene rings is 2. The molecule has 0 N–H and O–H groups in total. The van der Waals surface area contributed by atoms with Gasteiger partial charge < -0.3 is 9.47 Å². The summed E-state index contributed by atoms with van der Waals surface area (Å²) in [6, 6.07) is 16.0. The van der Waals surface area contributed by atoms with Crippen LogP contribution in [0.4, 0.5) is 11.4 Å². The number of aromatic nitrogens is 5. The van der Waals surface area contributed by atoms with Gasteiger partial charge in [-0.3, -0.25) is 14.3 Å². The highest BCUT2D eigenvalue weighted by Gasteiger charge is 2.28. The van der Waals surface area contributed by atoms with Crippen LogP contribution in [0.5, 0.6) is 0 Å². The molecule has 31 heavy (non-hydrogen) atoms. The minimum absolute atomic E-state index is 0.156. The molecule has 0 fully saturated rings. The van der Waals surface area contributed by atoms with E-state index >= 15 is 0 Å². The molecule has 0 amide bonds. The second-order valence-electron chi connectivity index (χ2n) is 7.90. The molecule has 6 rings (SSSR count). The number of Topliss-reactive ketones (excluding diaryl/α,β-unsaturated/α-hetero) is 1. The van der Waals surface area contributed by atoms with Crippen LogP contribution in [0.25, 0.3) is 27.8 Å². The van der Waals surface area contributed by atoms with Gasteiger partial charge in [-0.25, -0.2) is 9.97 Å². The molecule has 3 aromatic heterocycles. The zero-order valence-electron chi connectivity index (χ0n) is 17.2. The summed E-state index contributed by atoms with van der Waals surface area (Å²) in [7, 11) is 0. The molecule has 0 saturated heterocycles. The minimum atomic E-state index is -0.246. The van der Waals surface area contributed by atoms with Crippen molar-refractivity contribution < 1.29 is 4.79 Å². The molecule has 152 valence electrons. The fourth-order valence-corrected chi connectivity index (χ4v) is 4.50. The summed E-state index contributed by atoms with van der Waals surface area (Å²) in [6.45, 7) is 4.25. The van der Waals surface area contributed by atoms with Crippen molar-refractivity contribution in [3.63, 3.8) is 0 Å². The molecular weight excluding hydrogens is 388 g/mol. The van der Waals surface area contributed by atoms with Crippen LogP contribution in [-0.4, -0.2) is 36.4 Å². The quantitative estimate of drug-likeness (QED) is 0.434. The molecule has 1 aliphatic rings. The Morgan fingerprint density at radius 2 is 1.81 bits per heavy atom. The standard InChI is InChI=1S/C24H20N6O/c1-15-23(31)13-28(22-5-3-4-19-24(22)29(15)14-26-19)17-6-8-18(9-7-17)30-16(2)27-20-12-25-11-10-21(20)30/h3-12,14-15H,13H2,1-2H3. The maximum atomic E-state index is 12.9. The fraction of sp³-hybridized carbons (Fsp3) is 0.167. The lowest BCUT2D eigenvalue weighted by atomic mass is 10.2. The molecule has 2 aromatic carbocycles. The first kappa shape index (κ1) is 17.8. The number of ketones is 1. The summed E-state index contributed by atoms with van der Waals surface area (Å²) < 4.78 is 4.10. The zero-order chi connectivity index (χ0) is 21.1. The van der Waals surface area contributed by atoms with Gasteiger partial charge in [-0.05, 0) is 56.3 Å². The summed E-state index contributed by atoms with van der Waals surface area (Å²) in [5, 5.41) is 0. The maximum absolute atomic E-state index is 12.9. The normalized spacial score (nSPS) is 16.3. The van der Waals surface area contributed by atoms with Crippen LogP contribution >= 0.6 is 0 Å². The molecular formula is C24H20N6O. The average Bonchev–Trinajstić information content (AvgIpc) is 3.34. The van der Waals surface area contributed by atoms with Crippen molar-refractivity contribution in [2.24, 2.45) is 0 Å². The summed E-state index contributed by atoms with van der Waals surface area (Å²) in [5.74, 6) is 1.06. The van der Waals surface area contributed by atoms with Gasteiger partial charge in [0, 0.05) is 17.6 Å². The van der Waals surface area contributed by atoms with E-state index in [9.17, 15) is 4.79 Å². The van der Waals surface area contributed by atoms with Gasteiger partial charge in [-0.2, -0.15) is 0 Å². The second kappa shape index (κ2) is 6.50. The highest BCUT2D eigenvalue weighted by atomic mass is 16.1. The van der Waals surface area contributed by atoms with E-state index in [-0.39, 0.29) is 11.8 Å². The van der Waals surface area contributed by atoms with Gasteiger partial charge in [0.05, 0.1) is 47.3 Å². The van der Waals surface area contributed by atoms with Crippen LogP contribution in [0.15, 0.2) is 67.3 Å². The van der Waals surface area contributed by atoms with Crippen molar-refractivity contribution in [1.29, 1.82) is 0 Å². The van der Waals surface area contributed by atoms with E-state index in [1.807, 2.05) is 36.6 Å². The van der Waals surface area contributed by atoms with E-state index in [1.165, 1.54) is 0 Å². The lowest BCUT2D eigenvalue weighted by Crippen LogP contribution is -2.27. The Hall–Kier alpha value is -4.00. The molecule has 5 aromatic rings. The van der Waals surface area contributed by atoms with Gasteiger partial charge >= 0.3 is 0 Å². The zero-order valence-corrected chi connectivity index (χ0v) is 17.2. The molecule has 1 unspecified atom stereocenters. The number of pyridine rings is 1. The number of imidazole rings is 2. The molecule has 7 nitrogen and oxygen atoms in total. The maximum Gasteiger partial charge on any atom is 0.174 e. The largest absolute Gasteiger partial charge is 0.332 e. The molecule has 0 saturated carbocycles. The fourth-order valence-electron chi connectivity index (χ4n) is 4.50. The monoisotopic (exact) mass is 408 g/mol. The predicted molar refractivity (Wildman–Crippen MR) is 120 cm³/mol.